The number of allylic oxidation sites excluding steroid dienone is 6. The number of carbonyl (C=O) groups excluding carboxylic acids is 3. The van der Waals surface area contributed by atoms with Crippen molar-refractivity contribution in [2.24, 2.45) is 0 Å². The Kier molecular flexibility index (Phi) is 60.2. The molecule has 73 heavy (non-hydrogen) atoms. The molecule has 0 saturated carbocycles. The van der Waals surface area contributed by atoms with Crippen molar-refractivity contribution in [1.82, 2.24) is 0 Å². The highest BCUT2D eigenvalue weighted by molar-refractivity contribution is 5.71. The molecule has 0 rings (SSSR count). The maximum Gasteiger partial charge on any atom is 0.306 e. The van der Waals surface area contributed by atoms with Crippen LogP contribution in [0.4, 0.5) is 0 Å². The van der Waals surface area contributed by atoms with Gasteiger partial charge in [-0.3, -0.25) is 14.4 Å². The number of esters is 3. The van der Waals surface area contributed by atoms with Gasteiger partial charge in [-0.25, -0.2) is 0 Å². The van der Waals surface area contributed by atoms with Gasteiger partial charge < -0.3 is 14.2 Å². The Labute approximate surface area is 455 Å². The lowest BCUT2D eigenvalue weighted by atomic mass is 10.0. The lowest BCUT2D eigenvalue weighted by molar-refractivity contribution is -0.167. The molecule has 0 radical (unpaired) electrons. The van der Waals surface area contributed by atoms with Gasteiger partial charge in [-0.1, -0.05) is 295 Å². The zero-order chi connectivity index (χ0) is 52.9. The number of carbonyl (C=O) groups is 3. The quantitative estimate of drug-likeness (QED) is 0.0261. The first kappa shape index (κ1) is 70.6. The predicted octanol–water partition coefficient (Wildman–Crippen LogP) is 22.0. The highest BCUT2D eigenvalue weighted by atomic mass is 16.6. The third-order valence-corrected chi connectivity index (χ3v) is 14.6. The van der Waals surface area contributed by atoms with E-state index in [2.05, 4.69) is 57.2 Å². The van der Waals surface area contributed by atoms with Crippen LogP contribution in [0.3, 0.4) is 0 Å². The number of hydrogen-bond acceptors (Lipinski definition) is 6. The van der Waals surface area contributed by atoms with Crippen LogP contribution in [0.1, 0.15) is 355 Å². The standard InChI is InChI=1S/C67H124O6/c1-4-7-10-13-16-19-22-25-28-30-32-34-36-37-39-42-45-48-51-54-57-60-66(69)72-63-64(62-71-65(68)59-56-53-50-47-44-41-27-24-21-18-15-12-9-6-3)73-67(70)61-58-55-52-49-46-43-40-38-35-33-31-29-26-23-20-17-14-11-8-5-2/h22,24-25,27,30,32,64H,4-21,23,26,28-29,31,33-63H2,1-3H3/b25-22-,27-24-,32-30-. The van der Waals surface area contributed by atoms with Crippen molar-refractivity contribution in [3.8, 4) is 0 Å². The van der Waals surface area contributed by atoms with Crippen LogP contribution in [0.2, 0.25) is 0 Å². The Balaban J connectivity index is 4.31. The molecule has 0 aromatic heterocycles. The number of unbranched alkanes of at least 4 members (excludes halogenated alkanes) is 43. The van der Waals surface area contributed by atoms with Gasteiger partial charge in [-0.2, -0.15) is 0 Å². The molecule has 6 heteroatoms. The summed E-state index contributed by atoms with van der Waals surface area (Å²) in [5.41, 5.74) is 0. The van der Waals surface area contributed by atoms with Crippen molar-refractivity contribution in [3.63, 3.8) is 0 Å². The van der Waals surface area contributed by atoms with Gasteiger partial charge in [-0.05, 0) is 77.0 Å². The number of ether oxygens (including phenoxy) is 3. The average molecular weight is 1030 g/mol. The minimum absolute atomic E-state index is 0.0729. The van der Waals surface area contributed by atoms with Gasteiger partial charge >= 0.3 is 17.9 Å². The van der Waals surface area contributed by atoms with Crippen molar-refractivity contribution >= 4 is 17.9 Å². The van der Waals surface area contributed by atoms with Crippen molar-refractivity contribution in [1.29, 1.82) is 0 Å². The van der Waals surface area contributed by atoms with Crippen LogP contribution < -0.4 is 0 Å². The van der Waals surface area contributed by atoms with E-state index in [0.29, 0.717) is 19.3 Å². The molecule has 1 atom stereocenters. The van der Waals surface area contributed by atoms with Crippen LogP contribution in [-0.2, 0) is 28.6 Å². The molecule has 6 nitrogen and oxygen atoms in total. The van der Waals surface area contributed by atoms with Gasteiger partial charge in [-0.15, -0.1) is 0 Å². The van der Waals surface area contributed by atoms with Crippen molar-refractivity contribution in [2.45, 2.75) is 361 Å². The molecule has 0 aromatic rings. The van der Waals surface area contributed by atoms with Crippen molar-refractivity contribution in [2.75, 3.05) is 13.2 Å². The molecule has 0 N–H and O–H groups in total. The average Bonchev–Trinajstić information content (AvgIpc) is 3.39. The summed E-state index contributed by atoms with van der Waals surface area (Å²) in [5.74, 6) is -0.861. The summed E-state index contributed by atoms with van der Waals surface area (Å²) in [5, 5.41) is 0. The van der Waals surface area contributed by atoms with E-state index in [-0.39, 0.29) is 31.1 Å². The fraction of sp³-hybridized carbons (Fsp3) is 0.866. The largest absolute Gasteiger partial charge is 0.462 e. The van der Waals surface area contributed by atoms with Gasteiger partial charge in [0.05, 0.1) is 0 Å². The lowest BCUT2D eigenvalue weighted by Crippen LogP contribution is -2.30. The summed E-state index contributed by atoms with van der Waals surface area (Å²) in [6.07, 6.45) is 75.8. The van der Waals surface area contributed by atoms with Gasteiger partial charge in [0.2, 0.25) is 0 Å². The van der Waals surface area contributed by atoms with E-state index in [1.54, 1.807) is 0 Å². The summed E-state index contributed by atoms with van der Waals surface area (Å²) in [6, 6.07) is 0. The minimum Gasteiger partial charge on any atom is -0.462 e. The zero-order valence-electron chi connectivity index (χ0n) is 49.2. The molecule has 0 saturated heterocycles. The molecule has 0 aliphatic rings. The second-order valence-electron chi connectivity index (χ2n) is 22.0. The molecular formula is C67H124O6. The first-order chi connectivity index (χ1) is 36.0. The van der Waals surface area contributed by atoms with E-state index in [0.717, 1.165) is 70.6 Å². The van der Waals surface area contributed by atoms with E-state index in [9.17, 15) is 14.4 Å². The maximum atomic E-state index is 12.9. The molecular weight excluding hydrogens is 901 g/mol. The molecule has 0 fully saturated rings. The molecule has 0 aliphatic carbocycles. The fourth-order valence-electron chi connectivity index (χ4n) is 9.71. The number of hydrogen-bond donors (Lipinski definition) is 0. The second-order valence-corrected chi connectivity index (χ2v) is 22.0. The summed E-state index contributed by atoms with van der Waals surface area (Å²) in [7, 11) is 0. The second kappa shape index (κ2) is 62.2. The summed E-state index contributed by atoms with van der Waals surface area (Å²) < 4.78 is 16.9. The van der Waals surface area contributed by atoms with E-state index in [4.69, 9.17) is 14.2 Å². The lowest BCUT2D eigenvalue weighted by Gasteiger charge is -2.18. The first-order valence-electron chi connectivity index (χ1n) is 32.5. The minimum atomic E-state index is -0.775. The normalized spacial score (nSPS) is 12.2. The summed E-state index contributed by atoms with van der Waals surface area (Å²) in [4.78, 5) is 38.3. The van der Waals surface area contributed by atoms with Gasteiger partial charge in [0.1, 0.15) is 13.2 Å². The Morgan fingerprint density at radius 1 is 0.274 bits per heavy atom. The molecule has 1 unspecified atom stereocenters. The van der Waals surface area contributed by atoms with Crippen LogP contribution in [0.5, 0.6) is 0 Å². The fourth-order valence-corrected chi connectivity index (χ4v) is 9.71. The van der Waals surface area contributed by atoms with Crippen LogP contribution in [-0.4, -0.2) is 37.2 Å². The smallest absolute Gasteiger partial charge is 0.306 e. The van der Waals surface area contributed by atoms with Crippen LogP contribution in [0, 0.1) is 0 Å². The molecule has 428 valence electrons. The topological polar surface area (TPSA) is 78.9 Å². The Hall–Kier alpha value is -2.37. The first-order valence-corrected chi connectivity index (χ1v) is 32.5. The highest BCUT2D eigenvalue weighted by Crippen LogP contribution is 2.17. The molecule has 0 heterocycles. The summed E-state index contributed by atoms with van der Waals surface area (Å²) in [6.45, 7) is 6.67. The molecule has 0 bridgehead atoms. The van der Waals surface area contributed by atoms with Gasteiger partial charge in [0.25, 0.3) is 0 Å². The molecule has 0 amide bonds. The van der Waals surface area contributed by atoms with Crippen molar-refractivity contribution < 1.29 is 28.6 Å². The molecule has 0 aromatic carbocycles. The Morgan fingerprint density at radius 3 is 0.767 bits per heavy atom. The third kappa shape index (κ3) is 60.4. The predicted molar refractivity (Wildman–Crippen MR) is 316 cm³/mol. The molecule has 0 spiro atoms. The zero-order valence-corrected chi connectivity index (χ0v) is 49.2. The van der Waals surface area contributed by atoms with Crippen LogP contribution >= 0.6 is 0 Å². The van der Waals surface area contributed by atoms with Crippen LogP contribution in [0.25, 0.3) is 0 Å². The number of rotatable bonds is 60. The molecule has 0 aliphatic heterocycles. The van der Waals surface area contributed by atoms with E-state index < -0.39 is 6.10 Å². The van der Waals surface area contributed by atoms with Gasteiger partial charge in [0, 0.05) is 19.3 Å². The van der Waals surface area contributed by atoms with E-state index in [1.807, 2.05) is 0 Å². The monoisotopic (exact) mass is 1020 g/mol. The maximum absolute atomic E-state index is 12.9. The van der Waals surface area contributed by atoms with Gasteiger partial charge in [0.15, 0.2) is 6.10 Å². The Morgan fingerprint density at radius 2 is 0.493 bits per heavy atom. The summed E-state index contributed by atoms with van der Waals surface area (Å²) >= 11 is 0. The van der Waals surface area contributed by atoms with Crippen LogP contribution in [0.15, 0.2) is 36.5 Å². The third-order valence-electron chi connectivity index (χ3n) is 14.6. The van der Waals surface area contributed by atoms with E-state index >= 15 is 0 Å². The van der Waals surface area contributed by atoms with E-state index in [1.165, 1.54) is 244 Å². The highest BCUT2D eigenvalue weighted by Gasteiger charge is 2.19. The van der Waals surface area contributed by atoms with Crippen molar-refractivity contribution in [3.05, 3.63) is 36.5 Å². The SMILES string of the molecule is CCCCCCC/C=C\C/C=C\CCCCCCCCCCCC(=O)OCC(COC(=O)CCCCCCC/C=C\CCCCCCC)OC(=O)CCCCCCCCCCCCCCCCCCCCCC. The Bertz CT molecular complexity index is 1220.